The van der Waals surface area contributed by atoms with Gasteiger partial charge in [0.1, 0.15) is 16.8 Å². The van der Waals surface area contributed by atoms with Crippen LogP contribution in [0.1, 0.15) is 53.4 Å². The molecule has 0 N–H and O–H groups in total. The van der Waals surface area contributed by atoms with Gasteiger partial charge in [0.2, 0.25) is 0 Å². The first kappa shape index (κ1) is 23.4. The van der Waals surface area contributed by atoms with E-state index in [0.717, 1.165) is 54.4 Å². The molecule has 0 aliphatic carbocycles. The molecule has 2 aliphatic rings. The first-order valence-corrected chi connectivity index (χ1v) is 14.1. The van der Waals surface area contributed by atoms with E-state index in [-0.39, 0.29) is 0 Å². The van der Waals surface area contributed by atoms with E-state index in [2.05, 4.69) is 87.2 Å². The average molecular weight is 500 g/mol. The molecule has 6 nitrogen and oxygen atoms in total. The second-order valence-corrected chi connectivity index (χ2v) is 11.6. The fourth-order valence-electron chi connectivity index (χ4n) is 5.77. The monoisotopic (exact) mass is 499 g/mol. The number of aromatic nitrogens is 3. The molecule has 186 valence electrons. The highest BCUT2D eigenvalue weighted by molar-refractivity contribution is 7.82. The first-order valence-electron chi connectivity index (χ1n) is 13.0. The van der Waals surface area contributed by atoms with Crippen molar-refractivity contribution >= 4 is 22.3 Å². The van der Waals surface area contributed by atoms with Crippen molar-refractivity contribution in [3.05, 3.63) is 88.4 Å². The zero-order chi connectivity index (χ0) is 24.8. The molecule has 0 amide bonds. The van der Waals surface area contributed by atoms with Crippen LogP contribution in [0.3, 0.4) is 0 Å². The number of fused-ring (bicyclic) bond motifs is 4. The highest BCUT2D eigenvalue weighted by Crippen LogP contribution is 2.36. The summed E-state index contributed by atoms with van der Waals surface area (Å²) in [5.41, 5.74) is 8.29. The van der Waals surface area contributed by atoms with Crippen LogP contribution in [-0.2, 0) is 30.4 Å². The molecule has 2 aromatic heterocycles. The zero-order valence-corrected chi connectivity index (χ0v) is 22.1. The standard InChI is InChI=1S/C29H33N5OS/c1-4-28-30-31-29-21(3)23(13-15-34(28)29)16-22-12-11-20(2)24(17-22)18-32-19-25-8-7-14-33(25)26-9-5-6-10-27(26)36(32)35/h5-6,9-13,15,17,25H,4,7-8,14,16,18-19H2,1-3H3. The predicted molar refractivity (Wildman–Crippen MR) is 145 cm³/mol. The molecule has 1 fully saturated rings. The van der Waals surface area contributed by atoms with Crippen LogP contribution in [0.2, 0.25) is 0 Å². The Hall–Kier alpha value is -3.03. The van der Waals surface area contributed by atoms with E-state index >= 15 is 0 Å². The summed E-state index contributed by atoms with van der Waals surface area (Å²) in [5.74, 6) is 0.991. The minimum Gasteiger partial charge on any atom is -0.366 e. The van der Waals surface area contributed by atoms with Gasteiger partial charge >= 0.3 is 0 Å². The topological polar surface area (TPSA) is 53.7 Å². The number of hydrogen-bond donors (Lipinski definition) is 0. The number of anilines is 1. The Morgan fingerprint density at radius 3 is 2.78 bits per heavy atom. The summed E-state index contributed by atoms with van der Waals surface area (Å²) < 4.78 is 18.0. The summed E-state index contributed by atoms with van der Waals surface area (Å²) in [6.45, 7) is 8.97. The van der Waals surface area contributed by atoms with Gasteiger partial charge in [0.25, 0.3) is 0 Å². The number of rotatable bonds is 5. The fourth-order valence-corrected chi connectivity index (χ4v) is 7.17. The first-order chi connectivity index (χ1) is 17.5. The molecule has 36 heavy (non-hydrogen) atoms. The van der Waals surface area contributed by atoms with Crippen LogP contribution in [0.4, 0.5) is 5.69 Å². The normalized spacial score (nSPS) is 19.9. The predicted octanol–water partition coefficient (Wildman–Crippen LogP) is 5.01. The molecule has 6 rings (SSSR count). The quantitative estimate of drug-likeness (QED) is 0.388. The van der Waals surface area contributed by atoms with Crippen molar-refractivity contribution in [1.29, 1.82) is 0 Å². The van der Waals surface area contributed by atoms with Crippen molar-refractivity contribution in [2.24, 2.45) is 0 Å². The summed E-state index contributed by atoms with van der Waals surface area (Å²) in [6.07, 6.45) is 6.15. The molecule has 2 aromatic carbocycles. The Kier molecular flexibility index (Phi) is 6.13. The number of aryl methyl sites for hydroxylation is 3. The summed E-state index contributed by atoms with van der Waals surface area (Å²) in [5, 5.41) is 8.77. The molecule has 0 spiro atoms. The Balaban J connectivity index is 1.29. The van der Waals surface area contributed by atoms with Crippen molar-refractivity contribution in [3.8, 4) is 0 Å². The van der Waals surface area contributed by atoms with Gasteiger partial charge in [-0.05, 0) is 79.1 Å². The van der Waals surface area contributed by atoms with E-state index in [0.29, 0.717) is 12.6 Å². The van der Waals surface area contributed by atoms with Gasteiger partial charge < -0.3 is 4.90 Å². The van der Waals surface area contributed by atoms with Crippen molar-refractivity contribution in [2.75, 3.05) is 18.0 Å². The van der Waals surface area contributed by atoms with Gasteiger partial charge in [-0.2, -0.15) is 0 Å². The minimum absolute atomic E-state index is 0.423. The summed E-state index contributed by atoms with van der Waals surface area (Å²) >= 11 is 0. The Morgan fingerprint density at radius 2 is 1.92 bits per heavy atom. The Bertz CT molecular complexity index is 1460. The van der Waals surface area contributed by atoms with E-state index in [4.69, 9.17) is 0 Å². The van der Waals surface area contributed by atoms with Crippen LogP contribution in [0.25, 0.3) is 5.65 Å². The maximum absolute atomic E-state index is 13.8. The number of nitrogens with zero attached hydrogens (tertiary/aromatic N) is 5. The minimum atomic E-state index is -1.18. The summed E-state index contributed by atoms with van der Waals surface area (Å²) in [7, 11) is -1.18. The van der Waals surface area contributed by atoms with Gasteiger partial charge in [0.05, 0.1) is 10.6 Å². The van der Waals surface area contributed by atoms with Crippen molar-refractivity contribution in [2.45, 2.75) is 63.9 Å². The van der Waals surface area contributed by atoms with Gasteiger partial charge in [-0.3, -0.25) is 4.40 Å². The number of hydrogen-bond acceptors (Lipinski definition) is 4. The fraction of sp³-hybridized carbons (Fsp3) is 0.379. The molecule has 4 heterocycles. The lowest BCUT2D eigenvalue weighted by molar-refractivity contribution is 0.407. The van der Waals surface area contributed by atoms with Crippen LogP contribution >= 0.6 is 0 Å². The molecular formula is C29H33N5OS. The maximum Gasteiger partial charge on any atom is 0.163 e. The van der Waals surface area contributed by atoms with Crippen molar-refractivity contribution < 1.29 is 4.21 Å². The van der Waals surface area contributed by atoms with E-state index < -0.39 is 11.0 Å². The van der Waals surface area contributed by atoms with Crippen LogP contribution in [0, 0.1) is 13.8 Å². The van der Waals surface area contributed by atoms with Crippen molar-refractivity contribution in [3.63, 3.8) is 0 Å². The van der Waals surface area contributed by atoms with Gasteiger partial charge in [0.15, 0.2) is 5.65 Å². The van der Waals surface area contributed by atoms with E-state index in [1.54, 1.807) is 0 Å². The third kappa shape index (κ3) is 4.04. The zero-order valence-electron chi connectivity index (χ0n) is 21.3. The van der Waals surface area contributed by atoms with Crippen LogP contribution in [-0.4, -0.2) is 42.2 Å². The largest absolute Gasteiger partial charge is 0.366 e. The Morgan fingerprint density at radius 1 is 1.06 bits per heavy atom. The number of pyridine rings is 1. The molecule has 4 aromatic rings. The lowest BCUT2D eigenvalue weighted by atomic mass is 9.98. The van der Waals surface area contributed by atoms with Crippen LogP contribution in [0.5, 0.6) is 0 Å². The Labute approximate surface area is 215 Å². The molecule has 2 unspecified atom stereocenters. The highest BCUT2D eigenvalue weighted by Gasteiger charge is 2.35. The lowest BCUT2D eigenvalue weighted by Crippen LogP contribution is -2.37. The lowest BCUT2D eigenvalue weighted by Gasteiger charge is -2.27. The second kappa shape index (κ2) is 9.45. The highest BCUT2D eigenvalue weighted by atomic mass is 32.2. The van der Waals surface area contributed by atoms with Crippen LogP contribution in [0.15, 0.2) is 59.6 Å². The van der Waals surface area contributed by atoms with Crippen molar-refractivity contribution in [1.82, 2.24) is 18.9 Å². The van der Waals surface area contributed by atoms with Gasteiger partial charge in [-0.25, -0.2) is 8.51 Å². The third-order valence-electron chi connectivity index (χ3n) is 7.87. The maximum atomic E-state index is 13.8. The molecule has 2 aliphatic heterocycles. The number of benzene rings is 2. The molecular weight excluding hydrogens is 466 g/mol. The SMILES string of the molecule is CCc1nnc2c(C)c(Cc3ccc(C)c(CN4CC5CCCN5c5ccccc5S4=O)c3)ccn12. The van der Waals surface area contributed by atoms with Gasteiger partial charge in [-0.15, -0.1) is 10.2 Å². The average Bonchev–Trinajstić information content (AvgIpc) is 3.51. The molecule has 7 heteroatoms. The van der Waals surface area contributed by atoms with Crippen LogP contribution < -0.4 is 4.90 Å². The van der Waals surface area contributed by atoms with Gasteiger partial charge in [-0.1, -0.05) is 37.3 Å². The van der Waals surface area contributed by atoms with Gasteiger partial charge in [0, 0.05) is 38.3 Å². The van der Waals surface area contributed by atoms with E-state index in [1.807, 2.05) is 12.1 Å². The smallest absolute Gasteiger partial charge is 0.163 e. The summed E-state index contributed by atoms with van der Waals surface area (Å²) in [6, 6.07) is 17.6. The molecule has 0 saturated carbocycles. The second-order valence-electron chi connectivity index (χ2n) is 10.1. The molecule has 0 radical (unpaired) electrons. The summed E-state index contributed by atoms with van der Waals surface area (Å²) in [4.78, 5) is 3.42. The van der Waals surface area contributed by atoms with E-state index in [1.165, 1.54) is 34.2 Å². The molecule has 0 bridgehead atoms. The molecule has 2 atom stereocenters. The van der Waals surface area contributed by atoms with E-state index in [9.17, 15) is 4.21 Å². The number of para-hydroxylation sites is 1. The third-order valence-corrected chi connectivity index (χ3v) is 9.34. The molecule has 1 saturated heterocycles.